The average Bonchev–Trinajstić information content (AvgIpc) is 0.793. The van der Waals surface area contributed by atoms with Gasteiger partial charge in [-0.25, -0.2) is 0 Å². The SMILES string of the molecule is Oc1c2cc(OCc3ccccc3)cc1Cc1cc(OCc3ccccc3)cc(c1O)Cc1cc(OCc3ccccc3)cc(c1O)Cc1cc(OCc3ccccc3)cc(c1O)Cc1cc(OCc3ccccc3)cc(c1O)Cc1cc(OCc3ccccc3)cc(c1O)Cc1cc(OCc3ccccc3)cc(c1O)C2. The van der Waals surface area contributed by atoms with Gasteiger partial charge in [-0.3, -0.25) is 0 Å². The van der Waals surface area contributed by atoms with E-state index in [0.717, 1.165) is 38.9 Å². The number of phenols is 7. The number of ether oxygens (including phenoxy) is 7. The molecule has 14 aromatic rings. The van der Waals surface area contributed by atoms with E-state index in [0.29, 0.717) is 118 Å². The molecule has 0 saturated heterocycles. The van der Waals surface area contributed by atoms with Crippen molar-refractivity contribution in [3.63, 3.8) is 0 Å². The van der Waals surface area contributed by atoms with E-state index in [1.165, 1.54) is 0 Å². The molecule has 0 heterocycles. The largest absolute Gasteiger partial charge is 0.507 e. The molecule has 0 unspecified atom stereocenters. The second-order valence-corrected chi connectivity index (χ2v) is 28.3. The van der Waals surface area contributed by atoms with E-state index in [9.17, 15) is 35.7 Å². The molecule has 0 fully saturated rings. The summed E-state index contributed by atoms with van der Waals surface area (Å²) in [6.07, 6.45) is -0.419. The Morgan fingerprint density at radius 3 is 0.348 bits per heavy atom. The molecule has 0 aliphatic heterocycles. The fourth-order valence-corrected chi connectivity index (χ4v) is 14.2. The van der Waals surface area contributed by atoms with Crippen molar-refractivity contribution < 1.29 is 68.9 Å². The number of phenolic OH excluding ortho intramolecular Hbond substituents is 7. The molecule has 0 amide bonds. The maximum absolute atomic E-state index is 13.0. The Balaban J connectivity index is 0.932. The van der Waals surface area contributed by atoms with Gasteiger partial charge in [0, 0.05) is 123 Å². The number of rotatable bonds is 21. The molecule has 7 N–H and O–H groups in total. The third-order valence-corrected chi connectivity index (χ3v) is 20.1. The minimum absolute atomic E-state index is 0.0599. The fraction of sp³-hybridized carbons (Fsp3) is 0.143. The lowest BCUT2D eigenvalue weighted by Gasteiger charge is -2.20. The maximum Gasteiger partial charge on any atom is 0.122 e. The molecule has 1 aliphatic rings. The van der Waals surface area contributed by atoms with Crippen LogP contribution in [-0.2, 0) is 91.2 Å². The van der Waals surface area contributed by atoms with Gasteiger partial charge in [-0.1, -0.05) is 212 Å². The lowest BCUT2D eigenvalue weighted by molar-refractivity contribution is 0.304. The maximum atomic E-state index is 13.0. The second kappa shape index (κ2) is 34.7. The van der Waals surface area contributed by atoms with Crippen molar-refractivity contribution in [1.29, 1.82) is 0 Å². The van der Waals surface area contributed by atoms with E-state index < -0.39 is 0 Å². The van der Waals surface area contributed by atoms with Crippen LogP contribution in [0.4, 0.5) is 0 Å². The molecule has 1 aliphatic carbocycles. The van der Waals surface area contributed by atoms with Crippen LogP contribution in [0.2, 0.25) is 0 Å². The lowest BCUT2D eigenvalue weighted by Crippen LogP contribution is -2.05. The number of fused-ring (bicyclic) bond motifs is 14. The first-order valence-corrected chi connectivity index (χ1v) is 37.4. The summed E-state index contributed by atoms with van der Waals surface area (Å²) in [5, 5.41) is 90.9. The molecule has 0 aromatic heterocycles. The molecule has 560 valence electrons. The third kappa shape index (κ3) is 18.5. The summed E-state index contributed by atoms with van der Waals surface area (Å²) in [7, 11) is 0. The van der Waals surface area contributed by atoms with Gasteiger partial charge in [-0.15, -0.1) is 0 Å². The molecular weight excluding hydrogens is 1400 g/mol. The molecule has 14 bridgehead atoms. The van der Waals surface area contributed by atoms with Crippen molar-refractivity contribution in [3.8, 4) is 80.5 Å². The van der Waals surface area contributed by atoms with Gasteiger partial charge in [-0.2, -0.15) is 0 Å². The number of hydrogen-bond donors (Lipinski definition) is 7. The van der Waals surface area contributed by atoms with Gasteiger partial charge in [-0.05, 0) is 124 Å². The quantitative estimate of drug-likeness (QED) is 0.0358. The number of hydrogen-bond acceptors (Lipinski definition) is 14. The highest BCUT2D eigenvalue weighted by atomic mass is 16.5. The highest BCUT2D eigenvalue weighted by molar-refractivity contribution is 5.62. The van der Waals surface area contributed by atoms with Crippen molar-refractivity contribution in [2.75, 3.05) is 0 Å². The highest BCUT2D eigenvalue weighted by Crippen LogP contribution is 2.45. The molecule has 112 heavy (non-hydrogen) atoms. The standard InChI is InChI=1S/C98H84O14/c99-92-71-36-73-45-86(107-58-65-24-10-2-11-25-65)47-75(93(73)100)38-77-49-88(109-60-67-28-14-4-15-29-67)51-79(95(77)102)40-81-53-90(111-62-69-32-18-6-19-33-69)55-83(97(81)104)42-84-56-91(112-63-70-34-20-7-21-35-70)54-82(98(84)105)41-80-52-89(110-61-68-30-16-5-17-31-68)50-78(96(80)103)39-76-48-87(108-59-66-26-12-3-13-27-66)46-74(94(76)101)37-72(92)44-85(43-71)106-57-64-22-8-1-9-23-64/h1-35,43-56,99-105H,36-42,57-63H2. The van der Waals surface area contributed by atoms with Crippen LogP contribution in [0.15, 0.2) is 297 Å². The second-order valence-electron chi connectivity index (χ2n) is 28.3. The van der Waals surface area contributed by atoms with Crippen LogP contribution in [0, 0.1) is 0 Å². The Hall–Kier alpha value is -13.7. The van der Waals surface area contributed by atoms with Gasteiger partial charge in [0.15, 0.2) is 0 Å². The van der Waals surface area contributed by atoms with Crippen molar-refractivity contribution in [2.45, 2.75) is 91.2 Å². The monoisotopic (exact) mass is 1480 g/mol. The zero-order chi connectivity index (χ0) is 76.7. The summed E-state index contributed by atoms with van der Waals surface area (Å²) >= 11 is 0. The van der Waals surface area contributed by atoms with Gasteiger partial charge < -0.3 is 68.9 Å². The Morgan fingerprint density at radius 2 is 0.250 bits per heavy atom. The fourth-order valence-electron chi connectivity index (χ4n) is 14.2. The van der Waals surface area contributed by atoms with E-state index in [-0.39, 0.29) is 131 Å². The zero-order valence-electron chi connectivity index (χ0n) is 61.7. The minimum Gasteiger partial charge on any atom is -0.507 e. The van der Waals surface area contributed by atoms with Crippen LogP contribution in [0.5, 0.6) is 80.5 Å². The summed E-state index contributed by atoms with van der Waals surface area (Å²) in [6.45, 7) is 1.18. The molecule has 14 heteroatoms. The number of aromatic hydroxyl groups is 7. The first-order chi connectivity index (χ1) is 54.8. The van der Waals surface area contributed by atoms with E-state index in [2.05, 4.69) is 0 Å². The summed E-state index contributed by atoms with van der Waals surface area (Å²) in [4.78, 5) is 0. The van der Waals surface area contributed by atoms with Crippen molar-refractivity contribution in [1.82, 2.24) is 0 Å². The Kier molecular flexibility index (Phi) is 22.8. The average molecular weight is 1490 g/mol. The van der Waals surface area contributed by atoms with Crippen molar-refractivity contribution in [2.24, 2.45) is 0 Å². The van der Waals surface area contributed by atoms with Gasteiger partial charge in [0.05, 0.1) is 0 Å². The molecule has 14 aromatic carbocycles. The van der Waals surface area contributed by atoms with Gasteiger partial charge in [0.2, 0.25) is 0 Å². The smallest absolute Gasteiger partial charge is 0.122 e. The lowest BCUT2D eigenvalue weighted by atomic mass is 9.91. The van der Waals surface area contributed by atoms with Crippen LogP contribution in [-0.4, -0.2) is 35.7 Å². The van der Waals surface area contributed by atoms with Crippen molar-refractivity contribution in [3.05, 3.63) is 414 Å². The van der Waals surface area contributed by atoms with Gasteiger partial charge in [0.25, 0.3) is 0 Å². The van der Waals surface area contributed by atoms with Crippen LogP contribution in [0.25, 0.3) is 0 Å². The van der Waals surface area contributed by atoms with E-state index in [1.54, 1.807) is 84.9 Å². The molecule has 0 saturated carbocycles. The molecule has 14 nitrogen and oxygen atoms in total. The van der Waals surface area contributed by atoms with Crippen LogP contribution in [0.3, 0.4) is 0 Å². The summed E-state index contributed by atoms with van der Waals surface area (Å²) in [5.74, 6) is 1.83. The van der Waals surface area contributed by atoms with E-state index in [4.69, 9.17) is 33.2 Å². The summed E-state index contributed by atoms with van der Waals surface area (Å²) < 4.78 is 46.4. The predicted octanol–water partition coefficient (Wildman–Crippen LogP) is 20.1. The molecule has 0 atom stereocenters. The summed E-state index contributed by atoms with van der Waals surface area (Å²) in [6, 6.07) is 92.4. The molecule has 0 spiro atoms. The Labute approximate surface area is 651 Å². The topological polar surface area (TPSA) is 206 Å². The Morgan fingerprint density at radius 1 is 0.152 bits per heavy atom. The predicted molar refractivity (Wildman–Crippen MR) is 432 cm³/mol. The molecule has 0 radical (unpaired) electrons. The minimum atomic E-state index is -0.133. The first kappa shape index (κ1) is 73.8. The molecule has 15 rings (SSSR count). The first-order valence-electron chi connectivity index (χ1n) is 37.4. The molecular formula is C98H84O14. The van der Waals surface area contributed by atoms with Gasteiger partial charge in [0.1, 0.15) is 127 Å². The third-order valence-electron chi connectivity index (χ3n) is 20.1. The van der Waals surface area contributed by atoms with Crippen LogP contribution in [0.1, 0.15) is 117 Å². The van der Waals surface area contributed by atoms with E-state index in [1.807, 2.05) is 212 Å². The zero-order valence-corrected chi connectivity index (χ0v) is 61.7. The number of benzene rings is 14. The summed E-state index contributed by atoms with van der Waals surface area (Å²) in [5.41, 5.74) is 11.5. The van der Waals surface area contributed by atoms with Gasteiger partial charge >= 0.3 is 0 Å². The Bertz CT molecular complexity index is 4430. The highest BCUT2D eigenvalue weighted by Gasteiger charge is 2.26. The van der Waals surface area contributed by atoms with E-state index >= 15 is 0 Å². The van der Waals surface area contributed by atoms with Crippen molar-refractivity contribution >= 4 is 0 Å². The van der Waals surface area contributed by atoms with Crippen LogP contribution >= 0.6 is 0 Å². The normalized spacial score (nSPS) is 12.0. The van der Waals surface area contributed by atoms with Crippen LogP contribution < -0.4 is 33.2 Å².